The summed E-state index contributed by atoms with van der Waals surface area (Å²) in [6.45, 7) is 1.82. The van der Waals surface area contributed by atoms with Crippen molar-refractivity contribution in [1.82, 2.24) is 5.32 Å². The van der Waals surface area contributed by atoms with Gasteiger partial charge in [-0.25, -0.2) is 4.39 Å². The minimum absolute atomic E-state index is 0.104. The van der Waals surface area contributed by atoms with Gasteiger partial charge in [0.25, 0.3) is 0 Å². The first-order chi connectivity index (χ1) is 10.1. The van der Waals surface area contributed by atoms with Crippen molar-refractivity contribution in [3.63, 3.8) is 0 Å². The summed E-state index contributed by atoms with van der Waals surface area (Å²) in [4.78, 5) is 0. The molecule has 1 saturated heterocycles. The van der Waals surface area contributed by atoms with Crippen molar-refractivity contribution in [2.75, 3.05) is 13.1 Å². The van der Waals surface area contributed by atoms with Crippen molar-refractivity contribution in [3.8, 4) is 0 Å². The van der Waals surface area contributed by atoms with E-state index in [0.29, 0.717) is 5.92 Å². The van der Waals surface area contributed by atoms with Crippen LogP contribution in [0.1, 0.15) is 29.4 Å². The quantitative estimate of drug-likeness (QED) is 0.713. The van der Waals surface area contributed by atoms with E-state index in [2.05, 4.69) is 61.4 Å². The summed E-state index contributed by atoms with van der Waals surface area (Å²) in [5, 5.41) is 3.44. The topological polar surface area (TPSA) is 12.0 Å². The molecule has 2 unspecified atom stereocenters. The van der Waals surface area contributed by atoms with Gasteiger partial charge >= 0.3 is 0 Å². The molecule has 0 bridgehead atoms. The van der Waals surface area contributed by atoms with E-state index < -0.39 is 0 Å². The first kappa shape index (κ1) is 15.2. The Morgan fingerprint density at radius 2 is 1.67 bits per heavy atom. The molecule has 1 aliphatic rings. The number of nitrogens with one attached hydrogen (secondary N) is 1. The Morgan fingerprint density at radius 1 is 0.952 bits per heavy atom. The number of benzene rings is 2. The lowest BCUT2D eigenvalue weighted by atomic mass is 9.77. The highest BCUT2D eigenvalue weighted by atomic mass is 79.9. The molecule has 1 N–H and O–H groups in total. The van der Waals surface area contributed by atoms with Crippen LogP contribution in [0.4, 0.5) is 4.39 Å². The van der Waals surface area contributed by atoms with Crippen LogP contribution >= 0.6 is 31.9 Å². The molecule has 0 saturated carbocycles. The molecule has 0 aromatic heterocycles. The lowest BCUT2D eigenvalue weighted by Crippen LogP contribution is -2.34. The predicted octanol–water partition coefficient (Wildman–Crippen LogP) is 5.21. The Morgan fingerprint density at radius 3 is 2.43 bits per heavy atom. The van der Waals surface area contributed by atoms with Crippen molar-refractivity contribution in [1.29, 1.82) is 0 Å². The highest BCUT2D eigenvalue weighted by molar-refractivity contribution is 9.10. The molecular weight excluding hydrogens is 397 g/mol. The van der Waals surface area contributed by atoms with Gasteiger partial charge < -0.3 is 5.32 Å². The summed E-state index contributed by atoms with van der Waals surface area (Å²) in [6, 6.07) is 13.6. The fourth-order valence-corrected chi connectivity index (χ4v) is 3.73. The van der Waals surface area contributed by atoms with Gasteiger partial charge in [0, 0.05) is 21.4 Å². The molecule has 21 heavy (non-hydrogen) atoms. The molecule has 3 rings (SSSR count). The lowest BCUT2D eigenvalue weighted by Gasteiger charge is -2.33. The van der Waals surface area contributed by atoms with Crippen molar-refractivity contribution in [3.05, 3.63) is 68.4 Å². The fraction of sp³-hybridized carbons (Fsp3) is 0.294. The number of hydrogen-bond donors (Lipinski definition) is 1. The van der Waals surface area contributed by atoms with E-state index in [4.69, 9.17) is 0 Å². The number of piperidine rings is 1. The van der Waals surface area contributed by atoms with Gasteiger partial charge in [-0.3, -0.25) is 0 Å². The van der Waals surface area contributed by atoms with Crippen LogP contribution in [-0.2, 0) is 0 Å². The number of rotatable bonds is 2. The van der Waals surface area contributed by atoms with Crippen LogP contribution in [0.2, 0.25) is 0 Å². The summed E-state index contributed by atoms with van der Waals surface area (Å²) in [5.74, 6) is 0.410. The second-order valence-electron chi connectivity index (χ2n) is 5.42. The van der Waals surface area contributed by atoms with Gasteiger partial charge in [-0.15, -0.1) is 0 Å². The molecule has 1 nitrogen and oxygen atoms in total. The third kappa shape index (κ3) is 3.38. The summed E-state index contributed by atoms with van der Waals surface area (Å²) in [6.07, 6.45) is 0.952. The minimum atomic E-state index is -0.104. The van der Waals surface area contributed by atoms with Crippen LogP contribution in [0.15, 0.2) is 51.4 Å². The molecule has 0 amide bonds. The van der Waals surface area contributed by atoms with Gasteiger partial charge in [0.15, 0.2) is 0 Å². The minimum Gasteiger partial charge on any atom is -0.316 e. The van der Waals surface area contributed by atoms with Crippen LogP contribution in [0.3, 0.4) is 0 Å². The van der Waals surface area contributed by atoms with Crippen LogP contribution in [-0.4, -0.2) is 13.1 Å². The summed E-state index contributed by atoms with van der Waals surface area (Å²) < 4.78 is 16.3. The first-order valence-corrected chi connectivity index (χ1v) is 8.65. The third-order valence-electron chi connectivity index (χ3n) is 4.14. The average Bonchev–Trinajstić information content (AvgIpc) is 2.51. The molecule has 1 heterocycles. The molecule has 2 aromatic carbocycles. The zero-order chi connectivity index (χ0) is 14.8. The van der Waals surface area contributed by atoms with Crippen molar-refractivity contribution in [2.45, 2.75) is 18.3 Å². The summed E-state index contributed by atoms with van der Waals surface area (Å²) in [5.41, 5.74) is 2.08. The monoisotopic (exact) mass is 411 g/mol. The average molecular weight is 413 g/mol. The predicted molar refractivity (Wildman–Crippen MR) is 91.2 cm³/mol. The van der Waals surface area contributed by atoms with Gasteiger partial charge in [-0.1, -0.05) is 44.0 Å². The molecule has 110 valence electrons. The van der Waals surface area contributed by atoms with E-state index in [0.717, 1.165) is 34.0 Å². The molecule has 0 aliphatic carbocycles. The Balaban J connectivity index is 1.98. The number of hydrogen-bond acceptors (Lipinski definition) is 1. The van der Waals surface area contributed by atoms with Gasteiger partial charge in [0.1, 0.15) is 5.82 Å². The van der Waals surface area contributed by atoms with Crippen LogP contribution in [0.25, 0.3) is 0 Å². The highest BCUT2D eigenvalue weighted by Crippen LogP contribution is 2.39. The molecular formula is C17H16Br2FN. The van der Waals surface area contributed by atoms with Gasteiger partial charge in [-0.05, 0) is 60.3 Å². The molecule has 4 heteroatoms. The van der Waals surface area contributed by atoms with Crippen LogP contribution in [0.5, 0.6) is 0 Å². The van der Waals surface area contributed by atoms with Gasteiger partial charge in [0.2, 0.25) is 0 Å². The normalized spacial score (nSPS) is 22.2. The summed E-state index contributed by atoms with van der Waals surface area (Å²) >= 11 is 6.93. The van der Waals surface area contributed by atoms with E-state index >= 15 is 0 Å². The lowest BCUT2D eigenvalue weighted by molar-refractivity contribution is 0.393. The largest absolute Gasteiger partial charge is 0.316 e. The number of halogens is 3. The molecule has 0 spiro atoms. The second-order valence-corrected chi connectivity index (χ2v) is 7.25. The maximum Gasteiger partial charge on any atom is 0.126 e. The van der Waals surface area contributed by atoms with E-state index in [1.54, 1.807) is 12.1 Å². The van der Waals surface area contributed by atoms with Crippen LogP contribution < -0.4 is 5.32 Å². The van der Waals surface area contributed by atoms with E-state index in [1.165, 1.54) is 5.56 Å². The fourth-order valence-electron chi connectivity index (χ4n) is 3.09. The summed E-state index contributed by atoms with van der Waals surface area (Å²) in [7, 11) is 0. The van der Waals surface area contributed by atoms with E-state index in [-0.39, 0.29) is 11.7 Å². The maximum absolute atomic E-state index is 14.3. The zero-order valence-electron chi connectivity index (χ0n) is 11.5. The standard InChI is InChI=1S/C17H16Br2FN/c18-12-3-1-11(2-4-12)16-10-21-8-7-14(16)15-9-13(19)5-6-17(15)20/h1-6,9,14,16,21H,7-8,10H2. The van der Waals surface area contributed by atoms with Crippen molar-refractivity contribution >= 4 is 31.9 Å². The Kier molecular flexibility index (Phi) is 4.77. The zero-order valence-corrected chi connectivity index (χ0v) is 14.6. The van der Waals surface area contributed by atoms with Gasteiger partial charge in [0.05, 0.1) is 0 Å². The Bertz CT molecular complexity index is 627. The molecule has 2 aromatic rings. The van der Waals surface area contributed by atoms with Gasteiger partial charge in [-0.2, -0.15) is 0 Å². The SMILES string of the molecule is Fc1ccc(Br)cc1C1CCNCC1c1ccc(Br)cc1. The molecule has 2 atom stereocenters. The van der Waals surface area contributed by atoms with E-state index in [9.17, 15) is 4.39 Å². The van der Waals surface area contributed by atoms with Crippen molar-refractivity contribution in [2.24, 2.45) is 0 Å². The smallest absolute Gasteiger partial charge is 0.126 e. The first-order valence-electron chi connectivity index (χ1n) is 7.06. The Labute approximate surface area is 141 Å². The molecule has 0 radical (unpaired) electrons. The maximum atomic E-state index is 14.3. The highest BCUT2D eigenvalue weighted by Gasteiger charge is 2.29. The van der Waals surface area contributed by atoms with Crippen LogP contribution in [0, 0.1) is 5.82 Å². The third-order valence-corrected chi connectivity index (χ3v) is 5.16. The second kappa shape index (κ2) is 6.59. The molecule has 1 aliphatic heterocycles. The van der Waals surface area contributed by atoms with E-state index in [1.807, 2.05) is 6.07 Å². The Hall–Kier alpha value is -0.710. The van der Waals surface area contributed by atoms with Crippen molar-refractivity contribution < 1.29 is 4.39 Å². The molecule has 1 fully saturated rings.